The van der Waals surface area contributed by atoms with Crippen LogP contribution in [-0.2, 0) is 0 Å². The normalized spacial score (nSPS) is 11.3. The molecule has 0 N–H and O–H groups in total. The van der Waals surface area contributed by atoms with Crippen LogP contribution in [0.25, 0.3) is 0 Å². The highest BCUT2D eigenvalue weighted by Crippen LogP contribution is 2.13. The molecule has 0 radical (unpaired) electrons. The van der Waals surface area contributed by atoms with Gasteiger partial charge in [0.05, 0.1) is 5.69 Å². The average Bonchev–Trinajstić information content (AvgIpc) is 2.40. The van der Waals surface area contributed by atoms with Crippen molar-refractivity contribution in [3.05, 3.63) is 65.7 Å². The fraction of sp³-hybridized carbons (Fsp3) is 0.125. The summed E-state index contributed by atoms with van der Waals surface area (Å²) in [6.07, 6.45) is 0. The van der Waals surface area contributed by atoms with E-state index in [2.05, 4.69) is 4.99 Å². The van der Waals surface area contributed by atoms with E-state index in [9.17, 15) is 4.79 Å². The van der Waals surface area contributed by atoms with Gasteiger partial charge in [-0.1, -0.05) is 42.5 Å². The highest BCUT2D eigenvalue weighted by Gasteiger charge is 2.01. The standard InChI is InChI=1S/C16H15NO/c1-12(17-16-6-4-3-5-7-16)14-8-10-15(11-9-14)13(2)18/h3-11H,1-2H3. The fourth-order valence-electron chi connectivity index (χ4n) is 1.71. The van der Waals surface area contributed by atoms with Gasteiger partial charge in [-0.3, -0.25) is 9.79 Å². The van der Waals surface area contributed by atoms with E-state index in [1.807, 2.05) is 61.5 Å². The summed E-state index contributed by atoms with van der Waals surface area (Å²) < 4.78 is 0. The Morgan fingerprint density at radius 2 is 1.39 bits per heavy atom. The van der Waals surface area contributed by atoms with E-state index in [4.69, 9.17) is 0 Å². The fourth-order valence-corrected chi connectivity index (χ4v) is 1.71. The maximum absolute atomic E-state index is 11.2. The molecule has 0 amide bonds. The van der Waals surface area contributed by atoms with Crippen molar-refractivity contribution in [3.63, 3.8) is 0 Å². The van der Waals surface area contributed by atoms with Gasteiger partial charge in [0.1, 0.15) is 0 Å². The number of hydrogen-bond donors (Lipinski definition) is 0. The predicted octanol–water partition coefficient (Wildman–Crippen LogP) is 4.03. The second-order valence-corrected chi connectivity index (χ2v) is 4.17. The lowest BCUT2D eigenvalue weighted by molar-refractivity contribution is 0.101. The third-order valence-electron chi connectivity index (χ3n) is 2.76. The van der Waals surface area contributed by atoms with Crippen molar-refractivity contribution in [2.45, 2.75) is 13.8 Å². The number of hydrogen-bond acceptors (Lipinski definition) is 2. The number of ketones is 1. The first-order valence-electron chi connectivity index (χ1n) is 5.88. The maximum Gasteiger partial charge on any atom is 0.159 e. The van der Waals surface area contributed by atoms with Crippen LogP contribution in [0.15, 0.2) is 59.6 Å². The van der Waals surface area contributed by atoms with Gasteiger partial charge in [-0.2, -0.15) is 0 Å². The Hall–Kier alpha value is -2.22. The summed E-state index contributed by atoms with van der Waals surface area (Å²) in [7, 11) is 0. The van der Waals surface area contributed by atoms with E-state index in [1.54, 1.807) is 6.92 Å². The van der Waals surface area contributed by atoms with E-state index in [0.29, 0.717) is 0 Å². The molecule has 0 aliphatic heterocycles. The third kappa shape index (κ3) is 2.92. The molecule has 0 saturated heterocycles. The third-order valence-corrected chi connectivity index (χ3v) is 2.76. The number of carbonyl (C=O) groups excluding carboxylic acids is 1. The molecule has 0 fully saturated rings. The molecule has 0 atom stereocenters. The highest BCUT2D eigenvalue weighted by atomic mass is 16.1. The zero-order valence-electron chi connectivity index (χ0n) is 10.6. The van der Waals surface area contributed by atoms with Gasteiger partial charge in [-0.15, -0.1) is 0 Å². The summed E-state index contributed by atoms with van der Waals surface area (Å²) in [6, 6.07) is 17.4. The molecule has 0 aromatic heterocycles. The molecule has 2 rings (SSSR count). The van der Waals surface area contributed by atoms with Crippen molar-refractivity contribution in [2.24, 2.45) is 4.99 Å². The molecule has 0 bridgehead atoms. The van der Waals surface area contributed by atoms with Gasteiger partial charge in [-0.05, 0) is 31.5 Å². The van der Waals surface area contributed by atoms with Gasteiger partial charge in [0, 0.05) is 11.3 Å². The number of para-hydroxylation sites is 1. The zero-order chi connectivity index (χ0) is 13.0. The van der Waals surface area contributed by atoms with Gasteiger partial charge < -0.3 is 0 Å². The number of rotatable bonds is 3. The Labute approximate surface area is 107 Å². The molecule has 18 heavy (non-hydrogen) atoms. The van der Waals surface area contributed by atoms with Crippen LogP contribution in [0.3, 0.4) is 0 Å². The van der Waals surface area contributed by atoms with Gasteiger partial charge in [0.25, 0.3) is 0 Å². The smallest absolute Gasteiger partial charge is 0.159 e. The minimum absolute atomic E-state index is 0.0826. The Bertz CT molecular complexity index is 568. The molecule has 0 spiro atoms. The van der Waals surface area contributed by atoms with Gasteiger partial charge in [0.2, 0.25) is 0 Å². The van der Waals surface area contributed by atoms with Crippen LogP contribution in [0, 0.1) is 0 Å². The summed E-state index contributed by atoms with van der Waals surface area (Å²) in [5.74, 6) is 0.0826. The van der Waals surface area contributed by atoms with E-state index in [-0.39, 0.29) is 5.78 Å². The quantitative estimate of drug-likeness (QED) is 0.585. The van der Waals surface area contributed by atoms with Crippen molar-refractivity contribution < 1.29 is 4.79 Å². The van der Waals surface area contributed by atoms with Crippen LogP contribution in [0.1, 0.15) is 29.8 Å². The monoisotopic (exact) mass is 237 g/mol. The molecule has 0 saturated carbocycles. The number of carbonyl (C=O) groups is 1. The lowest BCUT2D eigenvalue weighted by atomic mass is 10.1. The van der Waals surface area contributed by atoms with Crippen molar-refractivity contribution in [1.29, 1.82) is 0 Å². The lowest BCUT2D eigenvalue weighted by Gasteiger charge is -2.02. The highest BCUT2D eigenvalue weighted by molar-refractivity contribution is 6.01. The van der Waals surface area contributed by atoms with E-state index >= 15 is 0 Å². The van der Waals surface area contributed by atoms with Crippen molar-refractivity contribution in [3.8, 4) is 0 Å². The van der Waals surface area contributed by atoms with Crippen LogP contribution < -0.4 is 0 Å². The molecule has 0 unspecified atom stereocenters. The Kier molecular flexibility index (Phi) is 3.68. The van der Waals surface area contributed by atoms with Gasteiger partial charge in [-0.25, -0.2) is 0 Å². The molecule has 2 heteroatoms. The molecule has 0 aliphatic rings. The van der Waals surface area contributed by atoms with Crippen LogP contribution in [0.2, 0.25) is 0 Å². The largest absolute Gasteiger partial charge is 0.295 e. The minimum Gasteiger partial charge on any atom is -0.295 e. The topological polar surface area (TPSA) is 29.4 Å². The first-order chi connectivity index (χ1) is 8.66. The zero-order valence-corrected chi connectivity index (χ0v) is 10.6. The summed E-state index contributed by atoms with van der Waals surface area (Å²) in [6.45, 7) is 3.54. The molecule has 0 heterocycles. The number of Topliss-reactive ketones (excluding diaryl/α,β-unsaturated/α-hetero) is 1. The number of nitrogens with zero attached hydrogens (tertiary/aromatic N) is 1. The molecule has 2 nitrogen and oxygen atoms in total. The maximum atomic E-state index is 11.2. The van der Waals surface area contributed by atoms with Crippen LogP contribution in [0.4, 0.5) is 5.69 Å². The van der Waals surface area contributed by atoms with E-state index < -0.39 is 0 Å². The molecule has 90 valence electrons. The number of aliphatic imine (C=N–C) groups is 1. The van der Waals surface area contributed by atoms with Gasteiger partial charge >= 0.3 is 0 Å². The molecule has 0 aliphatic carbocycles. The van der Waals surface area contributed by atoms with E-state index in [0.717, 1.165) is 22.5 Å². The molecule has 2 aromatic rings. The Morgan fingerprint density at radius 3 is 1.94 bits per heavy atom. The Balaban J connectivity index is 2.26. The molecule has 2 aromatic carbocycles. The van der Waals surface area contributed by atoms with Crippen LogP contribution in [0.5, 0.6) is 0 Å². The second kappa shape index (κ2) is 5.41. The van der Waals surface area contributed by atoms with Crippen LogP contribution in [-0.4, -0.2) is 11.5 Å². The summed E-state index contributed by atoms with van der Waals surface area (Å²) in [5.41, 5.74) is 3.64. The summed E-state index contributed by atoms with van der Waals surface area (Å²) >= 11 is 0. The van der Waals surface area contributed by atoms with Crippen molar-refractivity contribution in [2.75, 3.05) is 0 Å². The average molecular weight is 237 g/mol. The van der Waals surface area contributed by atoms with Crippen molar-refractivity contribution in [1.82, 2.24) is 0 Å². The first kappa shape index (κ1) is 12.2. The lowest BCUT2D eigenvalue weighted by Crippen LogP contribution is -1.96. The number of benzene rings is 2. The predicted molar refractivity (Wildman–Crippen MR) is 74.8 cm³/mol. The molecular weight excluding hydrogens is 222 g/mol. The van der Waals surface area contributed by atoms with E-state index in [1.165, 1.54) is 0 Å². The SMILES string of the molecule is CC(=O)c1ccc(C(C)=Nc2ccccc2)cc1. The first-order valence-corrected chi connectivity index (χ1v) is 5.88. The van der Waals surface area contributed by atoms with Gasteiger partial charge in [0.15, 0.2) is 5.78 Å². The Morgan fingerprint density at radius 1 is 0.833 bits per heavy atom. The summed E-state index contributed by atoms with van der Waals surface area (Å²) in [5, 5.41) is 0. The minimum atomic E-state index is 0.0826. The summed E-state index contributed by atoms with van der Waals surface area (Å²) in [4.78, 5) is 15.7. The van der Waals surface area contributed by atoms with Crippen molar-refractivity contribution >= 4 is 17.2 Å². The molecular formula is C16H15NO. The second-order valence-electron chi connectivity index (χ2n) is 4.17. The van der Waals surface area contributed by atoms with Crippen LogP contribution >= 0.6 is 0 Å².